The predicted molar refractivity (Wildman–Crippen MR) is 68.6 cm³/mol. The molecule has 0 aliphatic heterocycles. The molecular weight excluding hydrogens is 202 g/mol. The van der Waals surface area contributed by atoms with Crippen LogP contribution in [0.2, 0.25) is 0 Å². The Morgan fingerprint density at radius 2 is 2.00 bits per heavy atom. The first kappa shape index (κ1) is 15.9. The Balaban J connectivity index is 3.35. The van der Waals surface area contributed by atoms with Crippen molar-refractivity contribution in [2.24, 2.45) is 11.3 Å². The number of aliphatic hydroxyl groups is 1. The maximum Gasteiger partial charge on any atom is 0.0591 e. The monoisotopic (exact) mass is 231 g/mol. The summed E-state index contributed by atoms with van der Waals surface area (Å²) in [5.41, 5.74) is 0.265. The summed E-state index contributed by atoms with van der Waals surface area (Å²) in [5.74, 6) is 0.612. The van der Waals surface area contributed by atoms with Crippen molar-refractivity contribution in [3.63, 3.8) is 0 Å². The number of ether oxygens (including phenoxy) is 1. The van der Waals surface area contributed by atoms with Gasteiger partial charge in [-0.2, -0.15) is 0 Å². The number of hydrogen-bond donors (Lipinski definition) is 2. The number of rotatable bonds is 10. The van der Waals surface area contributed by atoms with Crippen LogP contribution in [0.15, 0.2) is 0 Å². The summed E-state index contributed by atoms with van der Waals surface area (Å²) in [6.45, 7) is 12.6. The highest BCUT2D eigenvalue weighted by molar-refractivity contribution is 4.71. The lowest BCUT2D eigenvalue weighted by molar-refractivity contribution is 0.109. The third kappa shape index (κ3) is 10.4. The van der Waals surface area contributed by atoms with E-state index in [0.29, 0.717) is 12.5 Å². The zero-order chi connectivity index (χ0) is 12.4. The molecule has 0 spiro atoms. The highest BCUT2D eigenvalue weighted by atomic mass is 16.5. The lowest BCUT2D eigenvalue weighted by atomic mass is 9.88. The van der Waals surface area contributed by atoms with E-state index >= 15 is 0 Å². The van der Waals surface area contributed by atoms with Crippen LogP contribution in [-0.2, 0) is 4.74 Å². The summed E-state index contributed by atoms with van der Waals surface area (Å²) in [5, 5.41) is 12.2. The zero-order valence-electron chi connectivity index (χ0n) is 11.4. The first-order chi connectivity index (χ1) is 7.48. The normalized spacial score (nSPS) is 12.4. The summed E-state index contributed by atoms with van der Waals surface area (Å²) in [6.07, 6.45) is 1.95. The molecular formula is C13H29NO2. The van der Waals surface area contributed by atoms with E-state index < -0.39 is 0 Å². The van der Waals surface area contributed by atoms with E-state index in [1.165, 1.54) is 0 Å². The van der Waals surface area contributed by atoms with Crippen molar-refractivity contribution in [3.8, 4) is 0 Å². The van der Waals surface area contributed by atoms with Gasteiger partial charge in [0.15, 0.2) is 0 Å². The third-order valence-electron chi connectivity index (χ3n) is 2.49. The van der Waals surface area contributed by atoms with Gasteiger partial charge in [0.05, 0.1) is 6.61 Å². The lowest BCUT2D eigenvalue weighted by Gasteiger charge is -2.24. The zero-order valence-corrected chi connectivity index (χ0v) is 11.4. The van der Waals surface area contributed by atoms with E-state index in [1.54, 1.807) is 0 Å². The summed E-state index contributed by atoms with van der Waals surface area (Å²) >= 11 is 0. The predicted octanol–water partition coefficient (Wildman–Crippen LogP) is 2.05. The number of nitrogens with one attached hydrogen (secondary N) is 1. The second-order valence-corrected chi connectivity index (χ2v) is 5.64. The molecule has 0 radical (unpaired) electrons. The van der Waals surface area contributed by atoms with Gasteiger partial charge in [-0.05, 0) is 24.2 Å². The quantitative estimate of drug-likeness (QED) is 0.565. The summed E-state index contributed by atoms with van der Waals surface area (Å²) in [6, 6.07) is 0. The maximum atomic E-state index is 8.78. The minimum Gasteiger partial charge on any atom is -0.396 e. The molecule has 0 aliphatic rings. The van der Waals surface area contributed by atoms with E-state index in [0.717, 1.165) is 39.1 Å². The van der Waals surface area contributed by atoms with E-state index in [2.05, 4.69) is 33.0 Å². The van der Waals surface area contributed by atoms with E-state index in [4.69, 9.17) is 9.84 Å². The second kappa shape index (κ2) is 8.97. The smallest absolute Gasteiger partial charge is 0.0591 e. The molecule has 0 aromatic rings. The fourth-order valence-corrected chi connectivity index (χ4v) is 1.54. The molecule has 0 rings (SSSR count). The lowest BCUT2D eigenvalue weighted by Crippen LogP contribution is -2.32. The standard InChI is InChI=1S/C13H29NO2/c1-12(2)10-16-9-7-14-11-13(3,4)6-5-8-15/h12,14-15H,5-11H2,1-4H3. The fourth-order valence-electron chi connectivity index (χ4n) is 1.54. The van der Waals surface area contributed by atoms with Crippen LogP contribution in [-0.4, -0.2) is 38.0 Å². The summed E-state index contributed by atoms with van der Waals surface area (Å²) in [7, 11) is 0. The summed E-state index contributed by atoms with van der Waals surface area (Å²) in [4.78, 5) is 0. The van der Waals surface area contributed by atoms with Crippen LogP contribution in [0.3, 0.4) is 0 Å². The van der Waals surface area contributed by atoms with Gasteiger partial charge in [0.2, 0.25) is 0 Å². The van der Waals surface area contributed by atoms with Gasteiger partial charge in [0.1, 0.15) is 0 Å². The maximum absolute atomic E-state index is 8.78. The van der Waals surface area contributed by atoms with Crippen molar-refractivity contribution in [1.29, 1.82) is 0 Å². The van der Waals surface area contributed by atoms with Crippen LogP contribution in [0.4, 0.5) is 0 Å². The Labute approximate surface area is 101 Å². The second-order valence-electron chi connectivity index (χ2n) is 5.64. The van der Waals surface area contributed by atoms with Crippen LogP contribution in [0.25, 0.3) is 0 Å². The van der Waals surface area contributed by atoms with Gasteiger partial charge in [-0.15, -0.1) is 0 Å². The van der Waals surface area contributed by atoms with Crippen molar-refractivity contribution in [3.05, 3.63) is 0 Å². The van der Waals surface area contributed by atoms with Crippen LogP contribution in [0, 0.1) is 11.3 Å². The Morgan fingerprint density at radius 3 is 2.56 bits per heavy atom. The Hall–Kier alpha value is -0.120. The van der Waals surface area contributed by atoms with Crippen LogP contribution < -0.4 is 5.32 Å². The first-order valence-corrected chi connectivity index (χ1v) is 6.37. The molecule has 0 saturated carbocycles. The molecule has 0 fully saturated rings. The topological polar surface area (TPSA) is 41.5 Å². The molecule has 0 aromatic heterocycles. The van der Waals surface area contributed by atoms with Crippen molar-refractivity contribution < 1.29 is 9.84 Å². The Kier molecular flexibility index (Phi) is 8.90. The average Bonchev–Trinajstić information content (AvgIpc) is 2.20. The molecule has 98 valence electrons. The highest BCUT2D eigenvalue weighted by Gasteiger charge is 2.16. The van der Waals surface area contributed by atoms with Crippen LogP contribution >= 0.6 is 0 Å². The van der Waals surface area contributed by atoms with Gasteiger partial charge >= 0.3 is 0 Å². The minimum absolute atomic E-state index is 0.265. The van der Waals surface area contributed by atoms with E-state index in [1.807, 2.05) is 0 Å². The van der Waals surface area contributed by atoms with Crippen molar-refractivity contribution in [1.82, 2.24) is 5.32 Å². The van der Waals surface area contributed by atoms with Gasteiger partial charge in [-0.25, -0.2) is 0 Å². The van der Waals surface area contributed by atoms with E-state index in [9.17, 15) is 0 Å². The first-order valence-electron chi connectivity index (χ1n) is 6.37. The van der Waals surface area contributed by atoms with Gasteiger partial charge in [0.25, 0.3) is 0 Å². The largest absolute Gasteiger partial charge is 0.396 e. The Bertz CT molecular complexity index is 158. The molecule has 0 aromatic carbocycles. The molecule has 0 atom stereocenters. The van der Waals surface area contributed by atoms with Crippen molar-refractivity contribution >= 4 is 0 Å². The van der Waals surface area contributed by atoms with Gasteiger partial charge < -0.3 is 15.2 Å². The van der Waals surface area contributed by atoms with Crippen molar-refractivity contribution in [2.45, 2.75) is 40.5 Å². The molecule has 0 saturated heterocycles. The molecule has 16 heavy (non-hydrogen) atoms. The van der Waals surface area contributed by atoms with Crippen molar-refractivity contribution in [2.75, 3.05) is 32.9 Å². The molecule has 3 heteroatoms. The average molecular weight is 231 g/mol. The van der Waals surface area contributed by atoms with Gasteiger partial charge in [-0.3, -0.25) is 0 Å². The number of aliphatic hydroxyl groups excluding tert-OH is 1. The number of hydrogen-bond acceptors (Lipinski definition) is 3. The molecule has 0 aliphatic carbocycles. The molecule has 2 N–H and O–H groups in total. The molecule has 0 amide bonds. The third-order valence-corrected chi connectivity index (χ3v) is 2.49. The highest BCUT2D eigenvalue weighted by Crippen LogP contribution is 2.20. The summed E-state index contributed by atoms with van der Waals surface area (Å²) < 4.78 is 5.49. The SMILES string of the molecule is CC(C)COCCNCC(C)(C)CCCO. The van der Waals surface area contributed by atoms with Crippen LogP contribution in [0.1, 0.15) is 40.5 Å². The molecule has 0 bridgehead atoms. The fraction of sp³-hybridized carbons (Fsp3) is 1.00. The Morgan fingerprint density at radius 1 is 1.31 bits per heavy atom. The molecule has 3 nitrogen and oxygen atoms in total. The van der Waals surface area contributed by atoms with Gasteiger partial charge in [0, 0.05) is 26.3 Å². The van der Waals surface area contributed by atoms with E-state index in [-0.39, 0.29) is 5.41 Å². The molecule has 0 heterocycles. The molecule has 0 unspecified atom stereocenters. The van der Waals surface area contributed by atoms with Gasteiger partial charge in [-0.1, -0.05) is 27.7 Å². The minimum atomic E-state index is 0.265. The van der Waals surface area contributed by atoms with Crippen LogP contribution in [0.5, 0.6) is 0 Å².